The summed E-state index contributed by atoms with van der Waals surface area (Å²) in [7, 11) is 0. The molecule has 0 aliphatic carbocycles. The van der Waals surface area contributed by atoms with Gasteiger partial charge < -0.3 is 20.4 Å². The number of furan rings is 1. The number of primary amides is 1. The summed E-state index contributed by atoms with van der Waals surface area (Å²) in [5.41, 5.74) is 5.35. The second-order valence-corrected chi connectivity index (χ2v) is 7.00. The molecule has 0 spiro atoms. The van der Waals surface area contributed by atoms with Gasteiger partial charge in [0.2, 0.25) is 5.91 Å². The van der Waals surface area contributed by atoms with Crippen molar-refractivity contribution in [2.24, 2.45) is 11.7 Å². The Hall–Kier alpha value is -2.02. The highest BCUT2D eigenvalue weighted by Gasteiger charge is 2.29. The van der Waals surface area contributed by atoms with Gasteiger partial charge in [0.15, 0.2) is 0 Å². The van der Waals surface area contributed by atoms with Crippen LogP contribution in [0.1, 0.15) is 43.9 Å². The fourth-order valence-electron chi connectivity index (χ4n) is 3.85. The van der Waals surface area contributed by atoms with Crippen LogP contribution in [0, 0.1) is 5.92 Å². The first-order valence-corrected chi connectivity index (χ1v) is 9.24. The number of hydrogen-bond acceptors (Lipinski definition) is 4. The van der Waals surface area contributed by atoms with E-state index in [2.05, 4.69) is 10.2 Å². The van der Waals surface area contributed by atoms with E-state index in [-0.39, 0.29) is 17.9 Å². The fraction of sp³-hybridized carbons (Fsp3) is 0.667. The molecule has 2 saturated heterocycles. The van der Waals surface area contributed by atoms with Crippen LogP contribution < -0.4 is 11.1 Å². The monoisotopic (exact) mass is 348 g/mol. The van der Waals surface area contributed by atoms with Crippen LogP contribution in [0.3, 0.4) is 0 Å². The number of hydrogen-bond donors (Lipinski definition) is 2. The van der Waals surface area contributed by atoms with Crippen molar-refractivity contribution in [1.82, 2.24) is 15.1 Å². The Kier molecular flexibility index (Phi) is 5.96. The summed E-state index contributed by atoms with van der Waals surface area (Å²) in [6, 6.07) is 3.48. The van der Waals surface area contributed by atoms with E-state index in [0.29, 0.717) is 19.6 Å². The molecular weight excluding hydrogens is 320 g/mol. The molecule has 7 heteroatoms. The predicted molar refractivity (Wildman–Crippen MR) is 93.8 cm³/mol. The molecule has 2 aliphatic rings. The van der Waals surface area contributed by atoms with Gasteiger partial charge in [0, 0.05) is 19.6 Å². The maximum Gasteiger partial charge on any atom is 0.314 e. The van der Waals surface area contributed by atoms with Gasteiger partial charge in [-0.1, -0.05) is 6.42 Å². The Labute approximate surface area is 148 Å². The summed E-state index contributed by atoms with van der Waals surface area (Å²) in [4.78, 5) is 27.9. The lowest BCUT2D eigenvalue weighted by atomic mass is 9.97. The van der Waals surface area contributed by atoms with Crippen molar-refractivity contribution >= 4 is 11.9 Å². The number of urea groups is 1. The molecule has 7 nitrogen and oxygen atoms in total. The van der Waals surface area contributed by atoms with Gasteiger partial charge >= 0.3 is 6.03 Å². The molecule has 0 saturated carbocycles. The van der Waals surface area contributed by atoms with Crippen molar-refractivity contribution < 1.29 is 14.0 Å². The van der Waals surface area contributed by atoms with Crippen LogP contribution in [0.4, 0.5) is 4.79 Å². The summed E-state index contributed by atoms with van der Waals surface area (Å²) >= 11 is 0. The highest BCUT2D eigenvalue weighted by atomic mass is 16.3. The molecule has 3 N–H and O–H groups in total. The fourth-order valence-corrected chi connectivity index (χ4v) is 3.85. The van der Waals surface area contributed by atoms with Gasteiger partial charge in [0.25, 0.3) is 0 Å². The average molecular weight is 348 g/mol. The number of carbonyl (C=O) groups is 2. The van der Waals surface area contributed by atoms with Crippen molar-refractivity contribution in [2.45, 2.75) is 38.1 Å². The molecule has 2 fully saturated rings. The minimum atomic E-state index is -0.445. The predicted octanol–water partition coefficient (Wildman–Crippen LogP) is 1.71. The molecule has 0 radical (unpaired) electrons. The molecule has 3 rings (SSSR count). The second kappa shape index (κ2) is 8.38. The molecule has 3 heterocycles. The van der Waals surface area contributed by atoms with Crippen LogP contribution in [0.15, 0.2) is 22.8 Å². The van der Waals surface area contributed by atoms with Crippen LogP contribution in [0.25, 0.3) is 0 Å². The van der Waals surface area contributed by atoms with Crippen LogP contribution in [0.2, 0.25) is 0 Å². The summed E-state index contributed by atoms with van der Waals surface area (Å²) in [5.74, 6) is 0.712. The zero-order chi connectivity index (χ0) is 17.6. The number of nitrogens with zero attached hydrogens (tertiary/aromatic N) is 2. The van der Waals surface area contributed by atoms with Crippen LogP contribution in [0.5, 0.6) is 0 Å². The molecule has 138 valence electrons. The molecule has 0 bridgehead atoms. The molecule has 25 heavy (non-hydrogen) atoms. The van der Waals surface area contributed by atoms with Gasteiger partial charge in [-0.25, -0.2) is 4.79 Å². The molecule has 2 atom stereocenters. The zero-order valence-corrected chi connectivity index (χ0v) is 14.7. The second-order valence-electron chi connectivity index (χ2n) is 7.00. The molecule has 0 aromatic carbocycles. The summed E-state index contributed by atoms with van der Waals surface area (Å²) < 4.78 is 5.61. The first-order valence-electron chi connectivity index (χ1n) is 9.24. The average Bonchev–Trinajstić information content (AvgIpc) is 3.17. The summed E-state index contributed by atoms with van der Waals surface area (Å²) in [5, 5.41) is 3.08. The van der Waals surface area contributed by atoms with E-state index in [4.69, 9.17) is 10.2 Å². The van der Waals surface area contributed by atoms with Crippen LogP contribution >= 0.6 is 0 Å². The van der Waals surface area contributed by atoms with E-state index in [0.717, 1.165) is 31.7 Å². The van der Waals surface area contributed by atoms with Crippen LogP contribution in [-0.4, -0.2) is 54.5 Å². The number of piperidine rings is 2. The SMILES string of the molecule is NC(=O)N1CCC[C@@H](C(=O)NC[C@@H](c2ccco2)N2CCCCC2)C1. The maximum absolute atomic E-state index is 12.6. The third-order valence-electron chi connectivity index (χ3n) is 5.28. The zero-order valence-electron chi connectivity index (χ0n) is 14.7. The highest BCUT2D eigenvalue weighted by Crippen LogP contribution is 2.25. The van der Waals surface area contributed by atoms with E-state index in [1.165, 1.54) is 19.3 Å². The molecule has 0 unspecified atom stereocenters. The van der Waals surface area contributed by atoms with E-state index < -0.39 is 6.03 Å². The quantitative estimate of drug-likeness (QED) is 0.847. The van der Waals surface area contributed by atoms with Crippen molar-refractivity contribution in [3.63, 3.8) is 0 Å². The Bertz CT molecular complexity index is 569. The third kappa shape index (κ3) is 4.54. The Morgan fingerprint density at radius 1 is 1.24 bits per heavy atom. The van der Waals surface area contributed by atoms with Gasteiger partial charge in [0.05, 0.1) is 18.2 Å². The molecule has 2 aliphatic heterocycles. The van der Waals surface area contributed by atoms with Crippen molar-refractivity contribution in [3.05, 3.63) is 24.2 Å². The van der Waals surface area contributed by atoms with Gasteiger partial charge in [-0.05, 0) is 50.9 Å². The normalized spacial score (nSPS) is 23.2. The summed E-state index contributed by atoms with van der Waals surface area (Å²) in [6.45, 7) is 3.64. The Morgan fingerprint density at radius 2 is 2.04 bits per heavy atom. The van der Waals surface area contributed by atoms with Crippen molar-refractivity contribution in [3.8, 4) is 0 Å². The van der Waals surface area contributed by atoms with E-state index >= 15 is 0 Å². The Balaban J connectivity index is 1.58. The molecule has 1 aromatic rings. The van der Waals surface area contributed by atoms with Gasteiger partial charge in [-0.2, -0.15) is 0 Å². The van der Waals surface area contributed by atoms with Crippen LogP contribution in [-0.2, 0) is 4.79 Å². The van der Waals surface area contributed by atoms with E-state index in [1.54, 1.807) is 11.2 Å². The number of nitrogens with two attached hydrogens (primary N) is 1. The number of rotatable bonds is 5. The minimum absolute atomic E-state index is 0.000449. The summed E-state index contributed by atoms with van der Waals surface area (Å²) in [6.07, 6.45) is 6.92. The number of nitrogens with one attached hydrogen (secondary N) is 1. The lowest BCUT2D eigenvalue weighted by molar-refractivity contribution is -0.126. The topological polar surface area (TPSA) is 91.8 Å². The molecule has 3 amide bonds. The largest absolute Gasteiger partial charge is 0.468 e. The number of carbonyl (C=O) groups excluding carboxylic acids is 2. The first-order chi connectivity index (χ1) is 12.1. The minimum Gasteiger partial charge on any atom is -0.468 e. The smallest absolute Gasteiger partial charge is 0.314 e. The third-order valence-corrected chi connectivity index (χ3v) is 5.28. The van der Waals surface area contributed by atoms with Gasteiger partial charge in [-0.15, -0.1) is 0 Å². The molecule has 1 aromatic heterocycles. The lowest BCUT2D eigenvalue weighted by Gasteiger charge is -2.34. The first kappa shape index (κ1) is 17.8. The van der Waals surface area contributed by atoms with Crippen molar-refractivity contribution in [2.75, 3.05) is 32.7 Å². The van der Waals surface area contributed by atoms with Gasteiger partial charge in [-0.3, -0.25) is 9.69 Å². The Morgan fingerprint density at radius 3 is 2.72 bits per heavy atom. The molecular formula is C18H28N4O3. The maximum atomic E-state index is 12.6. The highest BCUT2D eigenvalue weighted by molar-refractivity contribution is 5.80. The number of likely N-dealkylation sites (tertiary alicyclic amines) is 2. The van der Waals surface area contributed by atoms with Crippen molar-refractivity contribution in [1.29, 1.82) is 0 Å². The number of amides is 3. The lowest BCUT2D eigenvalue weighted by Crippen LogP contribution is -2.48. The standard InChI is InChI=1S/C18H28N4O3/c19-18(24)22-10-4-6-14(13-22)17(23)20-12-15(16-7-5-11-25-16)21-8-2-1-3-9-21/h5,7,11,14-15H,1-4,6,8-10,12-13H2,(H2,19,24)(H,20,23)/t14-,15+/m1/s1. The van der Waals surface area contributed by atoms with E-state index in [1.807, 2.05) is 12.1 Å². The van der Waals surface area contributed by atoms with E-state index in [9.17, 15) is 9.59 Å². The van der Waals surface area contributed by atoms with Gasteiger partial charge in [0.1, 0.15) is 5.76 Å².